The maximum Gasteiger partial charge on any atom is 0.276 e. The van der Waals surface area contributed by atoms with E-state index < -0.39 is 0 Å². The Morgan fingerprint density at radius 1 is 1.53 bits per heavy atom. The molecule has 0 aliphatic carbocycles. The SMILES string of the molecule is Cc1c(OCCCC2CCCN2)cccc1[N+](=O)[O-]. The van der Waals surface area contributed by atoms with E-state index in [0.29, 0.717) is 24.0 Å². The largest absolute Gasteiger partial charge is 0.493 e. The molecule has 1 aromatic rings. The van der Waals surface area contributed by atoms with Crippen LogP contribution in [0.3, 0.4) is 0 Å². The number of nitrogens with zero attached hydrogens (tertiary/aromatic N) is 1. The predicted octanol–water partition coefficient (Wildman–Crippen LogP) is 2.81. The van der Waals surface area contributed by atoms with E-state index in [0.717, 1.165) is 19.4 Å². The van der Waals surface area contributed by atoms with Crippen LogP contribution in [0.4, 0.5) is 5.69 Å². The second kappa shape index (κ2) is 6.52. The summed E-state index contributed by atoms with van der Waals surface area (Å²) in [4.78, 5) is 10.4. The number of benzene rings is 1. The average Bonchev–Trinajstić information content (AvgIpc) is 2.89. The normalized spacial score (nSPS) is 18.5. The summed E-state index contributed by atoms with van der Waals surface area (Å²) in [5.41, 5.74) is 0.724. The lowest BCUT2D eigenvalue weighted by Crippen LogP contribution is -2.21. The van der Waals surface area contributed by atoms with Crippen molar-refractivity contribution in [3.05, 3.63) is 33.9 Å². The lowest BCUT2D eigenvalue weighted by atomic mass is 10.1. The van der Waals surface area contributed by atoms with E-state index in [1.165, 1.54) is 18.9 Å². The molecule has 1 fully saturated rings. The lowest BCUT2D eigenvalue weighted by Gasteiger charge is -2.12. The van der Waals surface area contributed by atoms with Crippen molar-refractivity contribution in [2.24, 2.45) is 0 Å². The molecule has 0 radical (unpaired) electrons. The number of nitro benzene ring substituents is 1. The standard InChI is InChI=1S/C14H20N2O3/c1-11-13(16(17)18)7-2-8-14(11)19-10-4-6-12-5-3-9-15-12/h2,7-8,12,15H,3-6,9-10H2,1H3. The summed E-state index contributed by atoms with van der Waals surface area (Å²) < 4.78 is 5.66. The lowest BCUT2D eigenvalue weighted by molar-refractivity contribution is -0.385. The molecule has 1 saturated heterocycles. The van der Waals surface area contributed by atoms with Gasteiger partial charge in [-0.25, -0.2) is 0 Å². The molecule has 1 heterocycles. The Kier molecular flexibility index (Phi) is 4.74. The molecule has 1 N–H and O–H groups in total. The Hall–Kier alpha value is -1.62. The zero-order chi connectivity index (χ0) is 13.7. The van der Waals surface area contributed by atoms with E-state index in [1.807, 2.05) is 0 Å². The summed E-state index contributed by atoms with van der Waals surface area (Å²) >= 11 is 0. The first kappa shape index (κ1) is 13.8. The van der Waals surface area contributed by atoms with Gasteiger partial charge in [0, 0.05) is 12.1 Å². The van der Waals surface area contributed by atoms with Crippen LogP contribution in [0.15, 0.2) is 18.2 Å². The molecule has 1 atom stereocenters. The van der Waals surface area contributed by atoms with Crippen molar-refractivity contribution in [2.45, 2.75) is 38.6 Å². The average molecular weight is 264 g/mol. The summed E-state index contributed by atoms with van der Waals surface area (Å²) in [5.74, 6) is 0.619. The fraction of sp³-hybridized carbons (Fsp3) is 0.571. The molecule has 0 saturated carbocycles. The molecule has 19 heavy (non-hydrogen) atoms. The molecule has 1 aromatic carbocycles. The number of hydrogen-bond acceptors (Lipinski definition) is 4. The van der Waals surface area contributed by atoms with Gasteiger partial charge in [-0.05, 0) is 45.2 Å². The Labute approximate surface area is 113 Å². The molecular formula is C14H20N2O3. The van der Waals surface area contributed by atoms with Crippen molar-refractivity contribution in [1.82, 2.24) is 5.32 Å². The van der Waals surface area contributed by atoms with Crippen LogP contribution in [0.25, 0.3) is 0 Å². The Morgan fingerprint density at radius 3 is 3.05 bits per heavy atom. The fourth-order valence-corrected chi connectivity index (χ4v) is 2.47. The van der Waals surface area contributed by atoms with Gasteiger partial charge < -0.3 is 10.1 Å². The minimum absolute atomic E-state index is 0.120. The van der Waals surface area contributed by atoms with Gasteiger partial charge in [0.2, 0.25) is 0 Å². The van der Waals surface area contributed by atoms with Gasteiger partial charge in [-0.2, -0.15) is 0 Å². The molecular weight excluding hydrogens is 244 g/mol. The second-order valence-electron chi connectivity index (χ2n) is 4.94. The quantitative estimate of drug-likeness (QED) is 0.487. The molecule has 2 rings (SSSR count). The summed E-state index contributed by atoms with van der Waals surface area (Å²) in [6.07, 6.45) is 4.58. The zero-order valence-electron chi connectivity index (χ0n) is 11.2. The van der Waals surface area contributed by atoms with Gasteiger partial charge >= 0.3 is 0 Å². The summed E-state index contributed by atoms with van der Waals surface area (Å²) in [6.45, 7) is 3.46. The van der Waals surface area contributed by atoms with Crippen molar-refractivity contribution in [3.8, 4) is 5.75 Å². The Bertz CT molecular complexity index is 442. The number of ether oxygens (including phenoxy) is 1. The molecule has 5 heteroatoms. The van der Waals surface area contributed by atoms with E-state index in [1.54, 1.807) is 19.1 Å². The van der Waals surface area contributed by atoms with Gasteiger partial charge in [0.1, 0.15) is 5.75 Å². The van der Waals surface area contributed by atoms with Crippen molar-refractivity contribution in [3.63, 3.8) is 0 Å². The van der Waals surface area contributed by atoms with Gasteiger partial charge in [-0.3, -0.25) is 10.1 Å². The number of nitro groups is 1. The van der Waals surface area contributed by atoms with Crippen LogP contribution in [0.1, 0.15) is 31.2 Å². The van der Waals surface area contributed by atoms with Crippen LogP contribution in [0.2, 0.25) is 0 Å². The maximum absolute atomic E-state index is 10.8. The van der Waals surface area contributed by atoms with E-state index in [-0.39, 0.29) is 10.6 Å². The number of rotatable bonds is 6. The maximum atomic E-state index is 10.8. The van der Waals surface area contributed by atoms with Crippen molar-refractivity contribution in [2.75, 3.05) is 13.2 Å². The summed E-state index contributed by atoms with van der Waals surface area (Å²) in [7, 11) is 0. The first-order valence-corrected chi connectivity index (χ1v) is 6.78. The van der Waals surface area contributed by atoms with Crippen LogP contribution in [-0.2, 0) is 0 Å². The minimum atomic E-state index is -0.370. The molecule has 0 amide bonds. The molecule has 5 nitrogen and oxygen atoms in total. The van der Waals surface area contributed by atoms with Gasteiger partial charge in [-0.1, -0.05) is 6.07 Å². The van der Waals surface area contributed by atoms with E-state index in [4.69, 9.17) is 4.74 Å². The van der Waals surface area contributed by atoms with Gasteiger partial charge in [0.25, 0.3) is 5.69 Å². The zero-order valence-corrected chi connectivity index (χ0v) is 11.2. The summed E-state index contributed by atoms with van der Waals surface area (Å²) in [6, 6.07) is 5.58. The van der Waals surface area contributed by atoms with Gasteiger partial charge in [0.15, 0.2) is 0 Å². The molecule has 1 unspecified atom stereocenters. The highest BCUT2D eigenvalue weighted by atomic mass is 16.6. The third-order valence-corrected chi connectivity index (χ3v) is 3.57. The van der Waals surface area contributed by atoms with Gasteiger partial charge in [0.05, 0.1) is 17.1 Å². The second-order valence-corrected chi connectivity index (χ2v) is 4.94. The molecule has 1 aliphatic heterocycles. The van der Waals surface area contributed by atoms with E-state index in [2.05, 4.69) is 5.32 Å². The van der Waals surface area contributed by atoms with E-state index >= 15 is 0 Å². The Morgan fingerprint density at radius 2 is 2.37 bits per heavy atom. The Balaban J connectivity index is 1.82. The highest BCUT2D eigenvalue weighted by Crippen LogP contribution is 2.27. The fourth-order valence-electron chi connectivity index (χ4n) is 2.47. The molecule has 0 bridgehead atoms. The monoisotopic (exact) mass is 264 g/mol. The molecule has 1 aliphatic rings. The van der Waals surface area contributed by atoms with Crippen LogP contribution >= 0.6 is 0 Å². The predicted molar refractivity (Wildman–Crippen MR) is 73.6 cm³/mol. The first-order chi connectivity index (χ1) is 9.18. The smallest absolute Gasteiger partial charge is 0.276 e. The van der Waals surface area contributed by atoms with Crippen LogP contribution in [0.5, 0.6) is 5.75 Å². The highest BCUT2D eigenvalue weighted by Gasteiger charge is 2.15. The first-order valence-electron chi connectivity index (χ1n) is 6.78. The van der Waals surface area contributed by atoms with Crippen molar-refractivity contribution in [1.29, 1.82) is 0 Å². The topological polar surface area (TPSA) is 64.4 Å². The van der Waals surface area contributed by atoms with Crippen molar-refractivity contribution >= 4 is 5.69 Å². The highest BCUT2D eigenvalue weighted by molar-refractivity contribution is 5.48. The number of hydrogen-bond donors (Lipinski definition) is 1. The van der Waals surface area contributed by atoms with Crippen LogP contribution in [0, 0.1) is 17.0 Å². The van der Waals surface area contributed by atoms with E-state index in [9.17, 15) is 10.1 Å². The molecule has 104 valence electrons. The van der Waals surface area contributed by atoms with Crippen LogP contribution in [-0.4, -0.2) is 24.1 Å². The molecule has 0 spiro atoms. The third kappa shape index (κ3) is 3.67. The van der Waals surface area contributed by atoms with Crippen molar-refractivity contribution < 1.29 is 9.66 Å². The molecule has 0 aromatic heterocycles. The minimum Gasteiger partial charge on any atom is -0.493 e. The van der Waals surface area contributed by atoms with Gasteiger partial charge in [-0.15, -0.1) is 0 Å². The summed E-state index contributed by atoms with van der Waals surface area (Å²) in [5, 5.41) is 14.3. The number of nitrogens with one attached hydrogen (secondary N) is 1. The van der Waals surface area contributed by atoms with Crippen LogP contribution < -0.4 is 10.1 Å². The third-order valence-electron chi connectivity index (χ3n) is 3.57.